The Bertz CT molecular complexity index is 1300. The lowest BCUT2D eigenvalue weighted by Crippen LogP contribution is -2.49. The number of carbonyl (C=O) groups excluding carboxylic acids is 1. The van der Waals surface area contributed by atoms with Gasteiger partial charge in [-0.05, 0) is 36.7 Å². The molecule has 1 amide bonds. The fourth-order valence-electron chi connectivity index (χ4n) is 4.72. The van der Waals surface area contributed by atoms with E-state index in [4.69, 9.17) is 9.47 Å². The second-order valence-corrected chi connectivity index (χ2v) is 10.2. The van der Waals surface area contributed by atoms with Crippen LogP contribution in [-0.4, -0.2) is 78.4 Å². The van der Waals surface area contributed by atoms with Crippen LogP contribution in [0.3, 0.4) is 0 Å². The van der Waals surface area contributed by atoms with E-state index in [-0.39, 0.29) is 37.2 Å². The van der Waals surface area contributed by atoms with E-state index in [0.717, 1.165) is 6.54 Å². The lowest BCUT2D eigenvalue weighted by atomic mass is 9.99. The van der Waals surface area contributed by atoms with E-state index in [1.54, 1.807) is 24.3 Å². The maximum absolute atomic E-state index is 13.5. The summed E-state index contributed by atoms with van der Waals surface area (Å²) in [7, 11) is 3.65. The highest BCUT2D eigenvalue weighted by Crippen LogP contribution is 2.28. The van der Waals surface area contributed by atoms with Gasteiger partial charge < -0.3 is 19.5 Å². The summed E-state index contributed by atoms with van der Waals surface area (Å²) in [4.78, 5) is 22.0. The number of fused-ring (bicyclic) bond motifs is 1. The standard InChI is InChI=1S/C32H37N3O4/c1-23-19-35(24(2)22-36)32(37)29-17-26(9-8-16-38-4)18-33-31(29)39-30(23)21-34(3)20-25-12-14-28(15-13-25)27-10-6-5-7-11-27/h5-7,10-15,17-18,23-24,30,36H,16,19-22H2,1-4H3/t23-,24-,30-/m0/s1. The van der Waals surface area contributed by atoms with Crippen LogP contribution in [0.2, 0.25) is 0 Å². The molecule has 3 aromatic rings. The monoisotopic (exact) mass is 527 g/mol. The van der Waals surface area contributed by atoms with Gasteiger partial charge in [-0.2, -0.15) is 0 Å². The fourth-order valence-corrected chi connectivity index (χ4v) is 4.72. The van der Waals surface area contributed by atoms with Crippen molar-refractivity contribution in [1.29, 1.82) is 0 Å². The molecule has 39 heavy (non-hydrogen) atoms. The largest absolute Gasteiger partial charge is 0.472 e. The molecule has 204 valence electrons. The van der Waals surface area contributed by atoms with Crippen LogP contribution in [0.4, 0.5) is 0 Å². The van der Waals surface area contributed by atoms with Gasteiger partial charge in [0.25, 0.3) is 5.91 Å². The molecule has 1 N–H and O–H groups in total. The van der Waals surface area contributed by atoms with Crippen molar-refractivity contribution >= 4 is 5.91 Å². The van der Waals surface area contributed by atoms with Crippen LogP contribution in [0, 0.1) is 17.8 Å². The van der Waals surface area contributed by atoms with E-state index >= 15 is 0 Å². The van der Waals surface area contributed by atoms with Crippen molar-refractivity contribution in [3.8, 4) is 28.8 Å². The Morgan fingerprint density at radius 3 is 2.59 bits per heavy atom. The van der Waals surface area contributed by atoms with Crippen molar-refractivity contribution < 1.29 is 19.4 Å². The number of methoxy groups -OCH3 is 1. The number of carbonyl (C=O) groups is 1. The average Bonchev–Trinajstić information content (AvgIpc) is 2.95. The van der Waals surface area contributed by atoms with Crippen molar-refractivity contribution in [2.75, 3.05) is 40.5 Å². The Morgan fingerprint density at radius 2 is 1.90 bits per heavy atom. The molecule has 2 aromatic carbocycles. The van der Waals surface area contributed by atoms with E-state index in [0.29, 0.717) is 30.1 Å². The summed E-state index contributed by atoms with van der Waals surface area (Å²) in [6, 6.07) is 20.3. The van der Waals surface area contributed by atoms with Gasteiger partial charge in [0.15, 0.2) is 0 Å². The minimum absolute atomic E-state index is 0.0157. The van der Waals surface area contributed by atoms with Gasteiger partial charge in [0.05, 0.1) is 12.6 Å². The van der Waals surface area contributed by atoms with Crippen molar-refractivity contribution in [3.05, 3.63) is 83.6 Å². The summed E-state index contributed by atoms with van der Waals surface area (Å²) in [6.07, 6.45) is 1.41. The molecule has 1 aliphatic rings. The molecular weight excluding hydrogens is 490 g/mol. The van der Waals surface area contributed by atoms with Crippen LogP contribution < -0.4 is 4.74 Å². The van der Waals surface area contributed by atoms with Crippen LogP contribution in [0.25, 0.3) is 11.1 Å². The van der Waals surface area contributed by atoms with Crippen LogP contribution in [0.15, 0.2) is 66.9 Å². The zero-order valence-electron chi connectivity index (χ0n) is 23.1. The minimum Gasteiger partial charge on any atom is -0.472 e. The first-order chi connectivity index (χ1) is 18.9. The molecule has 0 saturated carbocycles. The summed E-state index contributed by atoms with van der Waals surface area (Å²) >= 11 is 0. The van der Waals surface area contributed by atoms with Crippen molar-refractivity contribution in [2.45, 2.75) is 32.5 Å². The van der Waals surface area contributed by atoms with E-state index in [2.05, 4.69) is 72.1 Å². The second kappa shape index (κ2) is 13.4. The summed E-state index contributed by atoms with van der Waals surface area (Å²) in [5.74, 6) is 5.98. The highest BCUT2D eigenvalue weighted by atomic mass is 16.5. The van der Waals surface area contributed by atoms with Gasteiger partial charge in [-0.1, -0.05) is 73.4 Å². The molecule has 0 saturated heterocycles. The Balaban J connectivity index is 1.53. The number of aromatic nitrogens is 1. The number of amides is 1. The summed E-state index contributed by atoms with van der Waals surface area (Å²) in [5, 5.41) is 9.88. The molecule has 0 radical (unpaired) electrons. The Morgan fingerprint density at radius 1 is 1.18 bits per heavy atom. The topological polar surface area (TPSA) is 75.1 Å². The first-order valence-corrected chi connectivity index (χ1v) is 13.3. The lowest BCUT2D eigenvalue weighted by Gasteiger charge is -2.37. The zero-order valence-corrected chi connectivity index (χ0v) is 23.1. The number of hydrogen-bond donors (Lipinski definition) is 1. The molecule has 0 bridgehead atoms. The molecule has 0 aliphatic carbocycles. The average molecular weight is 528 g/mol. The SMILES string of the molecule is COCC#Cc1cnc2c(c1)C(=O)N([C@@H](C)CO)C[C@H](C)[C@H](CN(C)Cc1ccc(-c3ccccc3)cc1)O2. The van der Waals surface area contributed by atoms with Crippen LogP contribution in [0.1, 0.15) is 35.3 Å². The van der Waals surface area contributed by atoms with Crippen molar-refractivity contribution in [3.63, 3.8) is 0 Å². The number of likely N-dealkylation sites (N-methyl/N-ethyl adjacent to an activating group) is 1. The van der Waals surface area contributed by atoms with Crippen LogP contribution in [-0.2, 0) is 11.3 Å². The van der Waals surface area contributed by atoms with Gasteiger partial charge in [-0.15, -0.1) is 0 Å². The van der Waals surface area contributed by atoms with Gasteiger partial charge in [0.1, 0.15) is 18.3 Å². The second-order valence-electron chi connectivity index (χ2n) is 10.2. The molecule has 7 heteroatoms. The number of rotatable bonds is 8. The smallest absolute Gasteiger partial charge is 0.259 e. The predicted molar refractivity (Wildman–Crippen MR) is 152 cm³/mol. The zero-order chi connectivity index (χ0) is 27.8. The van der Waals surface area contributed by atoms with E-state index < -0.39 is 0 Å². The molecule has 7 nitrogen and oxygen atoms in total. The highest BCUT2D eigenvalue weighted by Gasteiger charge is 2.34. The molecule has 0 fully saturated rings. The summed E-state index contributed by atoms with van der Waals surface area (Å²) < 4.78 is 11.4. The Kier molecular flexibility index (Phi) is 9.72. The number of ether oxygens (including phenoxy) is 2. The van der Waals surface area contributed by atoms with Gasteiger partial charge in [0, 0.05) is 44.4 Å². The molecule has 0 spiro atoms. The predicted octanol–water partition coefficient (Wildman–Crippen LogP) is 4.10. The maximum Gasteiger partial charge on any atom is 0.259 e. The Hall–Kier alpha value is -3.70. The first-order valence-electron chi connectivity index (χ1n) is 13.3. The molecule has 1 aromatic heterocycles. The van der Waals surface area contributed by atoms with Crippen molar-refractivity contribution in [1.82, 2.24) is 14.8 Å². The quantitative estimate of drug-likeness (QED) is 0.445. The van der Waals surface area contributed by atoms with Crippen molar-refractivity contribution in [2.24, 2.45) is 5.92 Å². The number of aliphatic hydroxyl groups excluding tert-OH is 1. The number of aliphatic hydroxyl groups is 1. The number of hydrogen-bond acceptors (Lipinski definition) is 6. The first kappa shape index (κ1) is 28.3. The van der Waals surface area contributed by atoms with Gasteiger partial charge >= 0.3 is 0 Å². The normalized spacial score (nSPS) is 17.9. The van der Waals surface area contributed by atoms with E-state index in [1.165, 1.54) is 16.7 Å². The lowest BCUT2D eigenvalue weighted by molar-refractivity contribution is 0.0325. The maximum atomic E-state index is 13.5. The van der Waals surface area contributed by atoms with E-state index in [1.807, 2.05) is 25.1 Å². The summed E-state index contributed by atoms with van der Waals surface area (Å²) in [5.41, 5.74) is 4.57. The third kappa shape index (κ3) is 7.24. The molecule has 2 heterocycles. The van der Waals surface area contributed by atoms with E-state index in [9.17, 15) is 9.90 Å². The van der Waals surface area contributed by atoms with Crippen LogP contribution >= 0.6 is 0 Å². The fraction of sp³-hybridized carbons (Fsp3) is 0.375. The molecule has 1 aliphatic heterocycles. The third-order valence-corrected chi connectivity index (χ3v) is 6.98. The van der Waals surface area contributed by atoms with Gasteiger partial charge in [0.2, 0.25) is 5.88 Å². The molecule has 3 atom stereocenters. The molecule has 0 unspecified atom stereocenters. The minimum atomic E-state index is -0.337. The molecule has 4 rings (SSSR count). The number of benzene rings is 2. The highest BCUT2D eigenvalue weighted by molar-refractivity contribution is 5.97. The number of nitrogens with zero attached hydrogens (tertiary/aromatic N) is 3. The number of pyridine rings is 1. The van der Waals surface area contributed by atoms with Gasteiger partial charge in [-0.25, -0.2) is 4.98 Å². The van der Waals surface area contributed by atoms with Crippen LogP contribution in [0.5, 0.6) is 5.88 Å². The summed E-state index contributed by atoms with van der Waals surface area (Å²) in [6.45, 7) is 5.95. The molecular formula is C32H37N3O4. The Labute approximate surface area is 231 Å². The third-order valence-electron chi connectivity index (χ3n) is 6.98. The van der Waals surface area contributed by atoms with Gasteiger partial charge in [-0.3, -0.25) is 9.69 Å².